The Morgan fingerprint density at radius 3 is 2.79 bits per heavy atom. The van der Waals surface area contributed by atoms with Crippen LogP contribution in [0.15, 0.2) is 54.9 Å². The molecule has 0 aliphatic rings. The van der Waals surface area contributed by atoms with E-state index in [9.17, 15) is 4.79 Å². The van der Waals surface area contributed by atoms with Gasteiger partial charge in [0.1, 0.15) is 11.4 Å². The Morgan fingerprint density at radius 1 is 1.21 bits per heavy atom. The van der Waals surface area contributed by atoms with Gasteiger partial charge in [-0.15, -0.1) is 0 Å². The van der Waals surface area contributed by atoms with Crippen molar-refractivity contribution in [2.75, 3.05) is 13.2 Å². The molecule has 0 aliphatic heterocycles. The van der Waals surface area contributed by atoms with Gasteiger partial charge in [0.25, 0.3) is 5.91 Å². The average molecular weight is 323 g/mol. The lowest BCUT2D eigenvalue weighted by atomic mass is 10.2. The maximum atomic E-state index is 11.8. The largest absolute Gasteiger partial charge is 0.484 e. The molecule has 0 fully saturated rings. The van der Waals surface area contributed by atoms with Crippen molar-refractivity contribution in [3.05, 3.63) is 66.1 Å². The van der Waals surface area contributed by atoms with Gasteiger partial charge >= 0.3 is 0 Å². The van der Waals surface area contributed by atoms with Crippen LogP contribution >= 0.6 is 0 Å². The molecule has 124 valence electrons. The number of aromatic nitrogens is 2. The third kappa shape index (κ3) is 4.13. The lowest BCUT2D eigenvalue weighted by Crippen LogP contribution is -2.30. The van der Waals surface area contributed by atoms with Gasteiger partial charge in [0.15, 0.2) is 6.61 Å². The van der Waals surface area contributed by atoms with Gasteiger partial charge in [-0.3, -0.25) is 4.79 Å². The molecular formula is C19H21N3O2. The fourth-order valence-corrected chi connectivity index (χ4v) is 2.46. The number of hydrogen-bond acceptors (Lipinski definition) is 3. The highest BCUT2D eigenvalue weighted by molar-refractivity contribution is 5.77. The van der Waals surface area contributed by atoms with Crippen LogP contribution in [0.1, 0.15) is 18.2 Å². The highest BCUT2D eigenvalue weighted by Crippen LogP contribution is 2.12. The molecule has 24 heavy (non-hydrogen) atoms. The van der Waals surface area contributed by atoms with E-state index in [4.69, 9.17) is 4.74 Å². The van der Waals surface area contributed by atoms with Gasteiger partial charge in [0, 0.05) is 25.4 Å². The molecule has 2 heterocycles. The zero-order valence-electron chi connectivity index (χ0n) is 13.7. The molecule has 0 aliphatic carbocycles. The minimum Gasteiger partial charge on any atom is -0.484 e. The van der Waals surface area contributed by atoms with E-state index in [-0.39, 0.29) is 12.5 Å². The topological polar surface area (TPSA) is 55.6 Å². The Bertz CT molecular complexity index is 776. The normalized spacial score (nSPS) is 10.7. The van der Waals surface area contributed by atoms with E-state index in [0.29, 0.717) is 18.7 Å². The summed E-state index contributed by atoms with van der Waals surface area (Å²) < 4.78 is 7.46. The van der Waals surface area contributed by atoms with Crippen molar-refractivity contribution in [3.63, 3.8) is 0 Å². The van der Waals surface area contributed by atoms with Crippen LogP contribution in [0.3, 0.4) is 0 Å². The molecule has 0 saturated heterocycles. The number of ether oxygens (including phenoxy) is 1. The third-order valence-corrected chi connectivity index (χ3v) is 3.82. The summed E-state index contributed by atoms with van der Waals surface area (Å²) >= 11 is 0. The average Bonchev–Trinajstić information content (AvgIpc) is 3.03. The molecule has 0 saturated carbocycles. The summed E-state index contributed by atoms with van der Waals surface area (Å²) in [5.74, 6) is 0.584. The van der Waals surface area contributed by atoms with Crippen LogP contribution in [0.4, 0.5) is 0 Å². The van der Waals surface area contributed by atoms with E-state index in [1.807, 2.05) is 59.3 Å². The number of nitrogens with one attached hydrogen (secondary N) is 1. The molecule has 3 aromatic rings. The maximum Gasteiger partial charge on any atom is 0.257 e. The number of fused-ring (bicyclic) bond motifs is 1. The van der Waals surface area contributed by atoms with Crippen LogP contribution in [0.2, 0.25) is 0 Å². The molecule has 1 amide bonds. The smallest absolute Gasteiger partial charge is 0.257 e. The molecule has 3 rings (SSSR count). The van der Waals surface area contributed by atoms with Crippen LogP contribution in [0, 0.1) is 0 Å². The summed E-state index contributed by atoms with van der Waals surface area (Å²) in [5, 5.41) is 2.86. The lowest BCUT2D eigenvalue weighted by Gasteiger charge is -2.07. The Kier molecular flexibility index (Phi) is 5.11. The third-order valence-electron chi connectivity index (χ3n) is 3.82. The molecule has 5 heteroatoms. The Labute approximate surface area is 141 Å². The van der Waals surface area contributed by atoms with Gasteiger partial charge in [-0.25, -0.2) is 4.98 Å². The van der Waals surface area contributed by atoms with Crippen molar-refractivity contribution in [3.8, 4) is 5.75 Å². The van der Waals surface area contributed by atoms with E-state index >= 15 is 0 Å². The molecule has 0 bridgehead atoms. The molecule has 1 N–H and O–H groups in total. The van der Waals surface area contributed by atoms with Gasteiger partial charge in [-0.05, 0) is 36.2 Å². The van der Waals surface area contributed by atoms with Crippen LogP contribution < -0.4 is 10.1 Å². The second-order valence-electron chi connectivity index (χ2n) is 5.58. The van der Waals surface area contributed by atoms with Crippen LogP contribution in [-0.2, 0) is 17.6 Å². The van der Waals surface area contributed by atoms with Crippen LogP contribution in [-0.4, -0.2) is 28.4 Å². The standard InChI is InChI=1S/C19H21N3O2/c1-2-15-6-8-17(9-7-15)24-14-19(23)20-11-10-16-13-22-12-4-3-5-18(22)21-16/h3-9,12-13H,2,10-11,14H2,1H3,(H,20,23). The number of hydrogen-bond donors (Lipinski definition) is 1. The van der Waals surface area contributed by atoms with E-state index in [2.05, 4.69) is 17.2 Å². The number of imidazole rings is 1. The molecule has 5 nitrogen and oxygen atoms in total. The van der Waals surface area contributed by atoms with Gasteiger partial charge in [0.2, 0.25) is 0 Å². The second kappa shape index (κ2) is 7.64. The summed E-state index contributed by atoms with van der Waals surface area (Å²) in [7, 11) is 0. The van der Waals surface area contributed by atoms with E-state index in [1.54, 1.807) is 0 Å². The molecule has 1 aromatic carbocycles. The fourth-order valence-electron chi connectivity index (χ4n) is 2.46. The Morgan fingerprint density at radius 2 is 2.04 bits per heavy atom. The quantitative estimate of drug-likeness (QED) is 0.727. The first-order chi connectivity index (χ1) is 11.7. The number of amides is 1. The molecule has 0 unspecified atom stereocenters. The first-order valence-electron chi connectivity index (χ1n) is 8.15. The van der Waals surface area contributed by atoms with Gasteiger partial charge in [-0.1, -0.05) is 25.1 Å². The van der Waals surface area contributed by atoms with Crippen molar-refractivity contribution in [1.82, 2.24) is 14.7 Å². The monoisotopic (exact) mass is 323 g/mol. The molecule has 0 spiro atoms. The SMILES string of the molecule is CCc1ccc(OCC(=O)NCCc2cn3ccccc3n2)cc1. The molecule has 0 atom stereocenters. The summed E-state index contributed by atoms with van der Waals surface area (Å²) in [4.78, 5) is 16.3. The zero-order chi connectivity index (χ0) is 16.8. The predicted molar refractivity (Wildman–Crippen MR) is 93.2 cm³/mol. The number of aryl methyl sites for hydroxylation is 1. The van der Waals surface area contributed by atoms with Gasteiger partial charge in [-0.2, -0.15) is 0 Å². The van der Waals surface area contributed by atoms with Crippen molar-refractivity contribution < 1.29 is 9.53 Å². The summed E-state index contributed by atoms with van der Waals surface area (Å²) in [6.45, 7) is 2.67. The zero-order valence-corrected chi connectivity index (χ0v) is 13.7. The van der Waals surface area contributed by atoms with Crippen LogP contribution in [0.5, 0.6) is 5.75 Å². The number of carbonyl (C=O) groups is 1. The van der Waals surface area contributed by atoms with E-state index < -0.39 is 0 Å². The summed E-state index contributed by atoms with van der Waals surface area (Å²) in [6, 6.07) is 13.7. The number of carbonyl (C=O) groups excluding carboxylic acids is 1. The summed E-state index contributed by atoms with van der Waals surface area (Å²) in [6.07, 6.45) is 5.62. The second-order valence-corrected chi connectivity index (χ2v) is 5.58. The number of benzene rings is 1. The van der Waals surface area contributed by atoms with E-state index in [1.165, 1.54) is 5.56 Å². The van der Waals surface area contributed by atoms with Crippen molar-refractivity contribution in [2.24, 2.45) is 0 Å². The van der Waals surface area contributed by atoms with Gasteiger partial charge < -0.3 is 14.5 Å². The summed E-state index contributed by atoms with van der Waals surface area (Å²) in [5.41, 5.74) is 3.12. The molecule has 0 radical (unpaired) electrons. The van der Waals surface area contributed by atoms with Crippen molar-refractivity contribution in [2.45, 2.75) is 19.8 Å². The number of pyridine rings is 1. The molecule has 2 aromatic heterocycles. The molecular weight excluding hydrogens is 302 g/mol. The minimum atomic E-state index is -0.127. The first-order valence-corrected chi connectivity index (χ1v) is 8.15. The number of nitrogens with zero attached hydrogens (tertiary/aromatic N) is 2. The lowest BCUT2D eigenvalue weighted by molar-refractivity contribution is -0.123. The predicted octanol–water partition coefficient (Wildman–Crippen LogP) is 2.63. The first kappa shape index (κ1) is 16.1. The highest BCUT2D eigenvalue weighted by Gasteiger charge is 2.04. The Hall–Kier alpha value is -2.82. The maximum absolute atomic E-state index is 11.8. The number of rotatable bonds is 7. The van der Waals surface area contributed by atoms with Crippen LogP contribution in [0.25, 0.3) is 5.65 Å². The minimum absolute atomic E-state index is 0.0244. The van der Waals surface area contributed by atoms with Crippen molar-refractivity contribution in [1.29, 1.82) is 0 Å². The fraction of sp³-hybridized carbons (Fsp3) is 0.263. The highest BCUT2D eigenvalue weighted by atomic mass is 16.5. The van der Waals surface area contributed by atoms with Crippen molar-refractivity contribution >= 4 is 11.6 Å². The van der Waals surface area contributed by atoms with E-state index in [0.717, 1.165) is 17.8 Å². The Balaban J connectivity index is 1.41. The van der Waals surface area contributed by atoms with Gasteiger partial charge in [0.05, 0.1) is 5.69 Å².